The molecule has 1 aliphatic rings. The molecule has 70 valence electrons. The quantitative estimate of drug-likeness (QED) is 0.592. The van der Waals surface area contributed by atoms with Crippen LogP contribution in [0.4, 0.5) is 0 Å². The first kappa shape index (κ1) is 9.48. The van der Waals surface area contributed by atoms with Crippen LogP contribution in [-0.2, 0) is 4.79 Å². The molecule has 0 aromatic carbocycles. The number of carbonyl (C=O) groups excluding carboxylic acids is 1. The average molecular weight is 172 g/mol. The molecule has 0 aromatic heterocycles. The van der Waals surface area contributed by atoms with E-state index in [0.717, 1.165) is 0 Å². The van der Waals surface area contributed by atoms with Gasteiger partial charge in [0.2, 0.25) is 5.91 Å². The molecule has 0 radical (unpaired) electrons. The molecule has 0 spiro atoms. The molecule has 12 heavy (non-hydrogen) atoms. The van der Waals surface area contributed by atoms with Gasteiger partial charge in [-0.1, -0.05) is 0 Å². The minimum Gasteiger partial charge on any atom is -0.396 e. The van der Waals surface area contributed by atoms with Crippen molar-refractivity contribution in [3.05, 3.63) is 0 Å². The van der Waals surface area contributed by atoms with E-state index >= 15 is 0 Å². The molecule has 0 aromatic rings. The Morgan fingerprint density at radius 1 is 1.83 bits per heavy atom. The van der Waals surface area contributed by atoms with Gasteiger partial charge in [0.15, 0.2) is 0 Å². The SMILES string of the molecule is CC(CCO)N1CC(N)CC1=O. The van der Waals surface area contributed by atoms with E-state index in [1.54, 1.807) is 4.90 Å². The minimum atomic E-state index is -0.0151. The summed E-state index contributed by atoms with van der Waals surface area (Å²) in [6.07, 6.45) is 1.09. The number of nitrogens with two attached hydrogens (primary N) is 1. The molecule has 3 N–H and O–H groups in total. The van der Waals surface area contributed by atoms with Crippen molar-refractivity contribution >= 4 is 5.91 Å². The first-order chi connectivity index (χ1) is 5.65. The van der Waals surface area contributed by atoms with Crippen LogP contribution in [0.15, 0.2) is 0 Å². The van der Waals surface area contributed by atoms with Gasteiger partial charge in [-0.05, 0) is 13.3 Å². The third-order valence-corrected chi connectivity index (χ3v) is 2.27. The van der Waals surface area contributed by atoms with Crippen LogP contribution in [0.2, 0.25) is 0 Å². The Hall–Kier alpha value is -0.610. The Labute approximate surface area is 72.3 Å². The summed E-state index contributed by atoms with van der Waals surface area (Å²) in [4.78, 5) is 13.0. The van der Waals surface area contributed by atoms with Crippen molar-refractivity contribution in [3.8, 4) is 0 Å². The molecule has 0 aliphatic carbocycles. The predicted molar refractivity (Wildman–Crippen MR) is 45.5 cm³/mol. The standard InChI is InChI=1S/C8H16N2O2/c1-6(2-3-11)10-5-7(9)4-8(10)12/h6-7,11H,2-5,9H2,1H3. The third kappa shape index (κ3) is 1.95. The number of aliphatic hydroxyl groups excluding tert-OH is 1. The molecule has 4 nitrogen and oxygen atoms in total. The van der Waals surface area contributed by atoms with Crippen LogP contribution in [0, 0.1) is 0 Å². The fourth-order valence-corrected chi connectivity index (χ4v) is 1.53. The van der Waals surface area contributed by atoms with Gasteiger partial charge >= 0.3 is 0 Å². The Kier molecular flexibility index (Phi) is 3.05. The largest absolute Gasteiger partial charge is 0.396 e. The van der Waals surface area contributed by atoms with Crippen LogP contribution in [0.3, 0.4) is 0 Å². The molecule has 0 saturated carbocycles. The predicted octanol–water partition coefficient (Wildman–Crippen LogP) is -0.683. The Balaban J connectivity index is 2.46. The van der Waals surface area contributed by atoms with Crippen molar-refractivity contribution in [2.24, 2.45) is 5.73 Å². The van der Waals surface area contributed by atoms with Gasteiger partial charge in [0.1, 0.15) is 0 Å². The lowest BCUT2D eigenvalue weighted by Gasteiger charge is -2.23. The summed E-state index contributed by atoms with van der Waals surface area (Å²) in [6, 6.07) is 0.106. The molecule has 1 amide bonds. The smallest absolute Gasteiger partial charge is 0.224 e. The van der Waals surface area contributed by atoms with Crippen LogP contribution in [-0.4, -0.2) is 41.1 Å². The molecule has 2 atom stereocenters. The number of hydrogen-bond donors (Lipinski definition) is 2. The van der Waals surface area contributed by atoms with Gasteiger partial charge in [-0.3, -0.25) is 4.79 Å². The maximum Gasteiger partial charge on any atom is 0.224 e. The summed E-state index contributed by atoms with van der Waals surface area (Å²) in [5.41, 5.74) is 5.62. The highest BCUT2D eigenvalue weighted by Crippen LogP contribution is 2.14. The zero-order valence-electron chi connectivity index (χ0n) is 7.36. The summed E-state index contributed by atoms with van der Waals surface area (Å²) in [5, 5.41) is 8.68. The normalized spacial score (nSPS) is 26.4. The third-order valence-electron chi connectivity index (χ3n) is 2.27. The van der Waals surface area contributed by atoms with E-state index in [1.807, 2.05) is 6.92 Å². The molecule has 1 heterocycles. The number of nitrogens with zero attached hydrogens (tertiary/aromatic N) is 1. The highest BCUT2D eigenvalue weighted by molar-refractivity contribution is 5.79. The van der Waals surface area contributed by atoms with E-state index in [1.165, 1.54) is 0 Å². The molecule has 1 aliphatic heterocycles. The highest BCUT2D eigenvalue weighted by atomic mass is 16.3. The second-order valence-electron chi connectivity index (χ2n) is 3.37. The van der Waals surface area contributed by atoms with Gasteiger partial charge in [0.25, 0.3) is 0 Å². The van der Waals surface area contributed by atoms with Gasteiger partial charge in [-0.2, -0.15) is 0 Å². The van der Waals surface area contributed by atoms with E-state index in [4.69, 9.17) is 10.8 Å². The summed E-state index contributed by atoms with van der Waals surface area (Å²) in [6.45, 7) is 2.70. The lowest BCUT2D eigenvalue weighted by Crippen LogP contribution is -2.36. The zero-order valence-corrected chi connectivity index (χ0v) is 7.36. The first-order valence-electron chi connectivity index (χ1n) is 4.31. The minimum absolute atomic E-state index is 0.0151. The van der Waals surface area contributed by atoms with Crippen molar-refractivity contribution in [2.75, 3.05) is 13.2 Å². The molecule has 1 fully saturated rings. The summed E-state index contributed by atoms with van der Waals surface area (Å²) < 4.78 is 0. The lowest BCUT2D eigenvalue weighted by molar-refractivity contribution is -0.129. The van der Waals surface area contributed by atoms with Crippen molar-refractivity contribution in [2.45, 2.75) is 31.8 Å². The Morgan fingerprint density at radius 2 is 2.50 bits per heavy atom. The highest BCUT2D eigenvalue weighted by Gasteiger charge is 2.29. The van der Waals surface area contributed by atoms with E-state index in [2.05, 4.69) is 0 Å². The van der Waals surface area contributed by atoms with Gasteiger partial charge in [-0.15, -0.1) is 0 Å². The monoisotopic (exact) mass is 172 g/mol. The molecule has 0 bridgehead atoms. The molecular formula is C8H16N2O2. The van der Waals surface area contributed by atoms with Gasteiger partial charge in [0, 0.05) is 31.7 Å². The molecule has 1 rings (SSSR count). The Morgan fingerprint density at radius 3 is 2.92 bits per heavy atom. The van der Waals surface area contributed by atoms with E-state index in [0.29, 0.717) is 19.4 Å². The van der Waals surface area contributed by atoms with Gasteiger partial charge < -0.3 is 15.7 Å². The van der Waals surface area contributed by atoms with E-state index in [9.17, 15) is 4.79 Å². The second-order valence-corrected chi connectivity index (χ2v) is 3.37. The van der Waals surface area contributed by atoms with Crippen LogP contribution in [0.25, 0.3) is 0 Å². The average Bonchev–Trinajstić information content (AvgIpc) is 2.30. The number of likely N-dealkylation sites (tertiary alicyclic amines) is 1. The first-order valence-corrected chi connectivity index (χ1v) is 4.31. The zero-order chi connectivity index (χ0) is 9.14. The van der Waals surface area contributed by atoms with Crippen molar-refractivity contribution < 1.29 is 9.90 Å². The summed E-state index contributed by atoms with van der Waals surface area (Å²) in [5.74, 6) is 0.114. The van der Waals surface area contributed by atoms with E-state index < -0.39 is 0 Å². The fraction of sp³-hybridized carbons (Fsp3) is 0.875. The molecule has 1 saturated heterocycles. The van der Waals surface area contributed by atoms with Crippen molar-refractivity contribution in [3.63, 3.8) is 0 Å². The van der Waals surface area contributed by atoms with Crippen LogP contribution in [0.5, 0.6) is 0 Å². The number of hydrogen-bond acceptors (Lipinski definition) is 3. The second kappa shape index (κ2) is 3.87. The van der Waals surface area contributed by atoms with Crippen LogP contribution in [0.1, 0.15) is 19.8 Å². The fourth-order valence-electron chi connectivity index (χ4n) is 1.53. The van der Waals surface area contributed by atoms with Crippen LogP contribution < -0.4 is 5.73 Å². The van der Waals surface area contributed by atoms with Crippen LogP contribution >= 0.6 is 0 Å². The molecular weight excluding hydrogens is 156 g/mol. The summed E-state index contributed by atoms with van der Waals surface area (Å²) in [7, 11) is 0. The topological polar surface area (TPSA) is 66.6 Å². The molecule has 2 unspecified atom stereocenters. The number of aliphatic hydroxyl groups is 1. The lowest BCUT2D eigenvalue weighted by atomic mass is 10.2. The van der Waals surface area contributed by atoms with Crippen molar-refractivity contribution in [1.29, 1.82) is 0 Å². The number of carbonyl (C=O) groups is 1. The number of amides is 1. The van der Waals surface area contributed by atoms with Gasteiger partial charge in [-0.25, -0.2) is 0 Å². The maximum absolute atomic E-state index is 11.3. The number of rotatable bonds is 3. The maximum atomic E-state index is 11.3. The van der Waals surface area contributed by atoms with Gasteiger partial charge in [0.05, 0.1) is 0 Å². The molecule has 4 heteroatoms. The van der Waals surface area contributed by atoms with Crippen molar-refractivity contribution in [1.82, 2.24) is 4.90 Å². The Bertz CT molecular complexity index is 172. The van der Waals surface area contributed by atoms with E-state index in [-0.39, 0.29) is 24.6 Å². The summed E-state index contributed by atoms with van der Waals surface area (Å²) >= 11 is 0.